The summed E-state index contributed by atoms with van der Waals surface area (Å²) in [5.41, 5.74) is 1.76. The van der Waals surface area contributed by atoms with Gasteiger partial charge in [-0.15, -0.1) is 11.3 Å². The molecule has 1 aliphatic heterocycles. The first-order chi connectivity index (χ1) is 14.1. The molecule has 0 unspecified atom stereocenters. The maximum atomic E-state index is 12.8. The molecule has 0 bridgehead atoms. The van der Waals surface area contributed by atoms with Crippen LogP contribution in [0.25, 0.3) is 11.5 Å². The van der Waals surface area contributed by atoms with Gasteiger partial charge in [0.1, 0.15) is 0 Å². The largest absolute Gasteiger partial charge is 0.463 e. The molecule has 29 heavy (non-hydrogen) atoms. The van der Waals surface area contributed by atoms with Gasteiger partial charge < -0.3 is 13.7 Å². The molecule has 7 nitrogen and oxygen atoms in total. The number of hydrogen-bond acceptors (Lipinski definition) is 6. The number of sulfonamides is 1. The minimum absolute atomic E-state index is 0.288. The lowest BCUT2D eigenvalue weighted by Gasteiger charge is -2.26. The summed E-state index contributed by atoms with van der Waals surface area (Å²) in [6, 6.07) is 11.1. The molecular formula is C20H21N3O4S2. The van der Waals surface area contributed by atoms with Crippen molar-refractivity contribution in [2.75, 3.05) is 26.3 Å². The van der Waals surface area contributed by atoms with Crippen LogP contribution in [-0.4, -0.2) is 43.6 Å². The average Bonchev–Trinajstić information content (AvgIpc) is 3.27. The third-order valence-electron chi connectivity index (χ3n) is 5.10. The summed E-state index contributed by atoms with van der Waals surface area (Å²) in [6.45, 7) is 1.65. The van der Waals surface area contributed by atoms with Gasteiger partial charge in [-0.3, -0.25) is 0 Å². The van der Waals surface area contributed by atoms with Gasteiger partial charge in [-0.1, -0.05) is 0 Å². The van der Waals surface area contributed by atoms with Crippen molar-refractivity contribution in [1.29, 1.82) is 0 Å². The van der Waals surface area contributed by atoms with Crippen LogP contribution in [0.2, 0.25) is 0 Å². The number of benzene rings is 1. The monoisotopic (exact) mass is 431 g/mol. The smallest absolute Gasteiger partial charge is 0.243 e. The average molecular weight is 432 g/mol. The fourth-order valence-corrected chi connectivity index (χ4v) is 5.80. The van der Waals surface area contributed by atoms with Gasteiger partial charge in [0.25, 0.3) is 0 Å². The highest BCUT2D eigenvalue weighted by Crippen LogP contribution is 2.38. The molecule has 5 rings (SSSR count). The van der Waals surface area contributed by atoms with E-state index < -0.39 is 10.0 Å². The fraction of sp³-hybridized carbons (Fsp3) is 0.350. The number of hydrogen-bond donors (Lipinski definition) is 0. The van der Waals surface area contributed by atoms with E-state index >= 15 is 0 Å². The third-order valence-corrected chi connectivity index (χ3v) is 7.85. The van der Waals surface area contributed by atoms with Gasteiger partial charge in [-0.05, 0) is 49.2 Å². The Kier molecular flexibility index (Phi) is 4.91. The number of nitrogens with zero attached hydrogens (tertiary/aromatic N) is 3. The van der Waals surface area contributed by atoms with Crippen LogP contribution in [-0.2, 0) is 14.8 Å². The van der Waals surface area contributed by atoms with Crippen molar-refractivity contribution in [1.82, 2.24) is 8.87 Å². The number of rotatable bonds is 5. The molecule has 0 radical (unpaired) electrons. The Labute approximate surface area is 172 Å². The predicted octanol–water partition coefficient (Wildman–Crippen LogP) is 3.40. The molecule has 3 aromatic rings. The molecule has 152 valence electrons. The van der Waals surface area contributed by atoms with Gasteiger partial charge in [0.2, 0.25) is 10.0 Å². The second-order valence-corrected chi connectivity index (χ2v) is 9.88. The van der Waals surface area contributed by atoms with Crippen molar-refractivity contribution in [3.05, 3.63) is 52.8 Å². The zero-order chi connectivity index (χ0) is 19.8. The van der Waals surface area contributed by atoms with Crippen molar-refractivity contribution in [2.24, 2.45) is 4.99 Å². The van der Waals surface area contributed by atoms with E-state index in [-0.39, 0.29) is 4.90 Å². The Morgan fingerprint density at radius 3 is 2.48 bits per heavy atom. The highest BCUT2D eigenvalue weighted by molar-refractivity contribution is 7.89. The number of morpholine rings is 1. The van der Waals surface area contributed by atoms with E-state index in [9.17, 15) is 8.42 Å². The molecule has 0 amide bonds. The lowest BCUT2D eigenvalue weighted by Crippen LogP contribution is -2.40. The molecule has 0 spiro atoms. The zero-order valence-electron chi connectivity index (χ0n) is 15.7. The van der Waals surface area contributed by atoms with Crippen LogP contribution >= 0.6 is 11.3 Å². The molecule has 2 fully saturated rings. The standard InChI is InChI=1S/C20H21N3O4S2/c24-29(25,22-9-12-26-13-10-22)17-7-3-15(4-8-17)21-20-23(16-5-6-16)18(14-28-20)19-2-1-11-27-19/h1-4,7-8,11,14,16H,5-6,9-10,12-13H2. The molecule has 9 heteroatoms. The van der Waals surface area contributed by atoms with E-state index in [0.717, 1.165) is 34.8 Å². The molecule has 1 saturated carbocycles. The number of ether oxygens (including phenoxy) is 1. The fourth-order valence-electron chi connectivity index (χ4n) is 3.43. The summed E-state index contributed by atoms with van der Waals surface area (Å²) < 4.78 is 40.1. The lowest BCUT2D eigenvalue weighted by atomic mass is 10.3. The first-order valence-electron chi connectivity index (χ1n) is 9.59. The summed E-state index contributed by atoms with van der Waals surface area (Å²) in [7, 11) is -3.49. The number of furan rings is 1. The zero-order valence-corrected chi connectivity index (χ0v) is 17.4. The number of aromatic nitrogens is 1. The Morgan fingerprint density at radius 2 is 1.83 bits per heavy atom. The molecule has 3 heterocycles. The van der Waals surface area contributed by atoms with E-state index in [1.807, 2.05) is 12.1 Å². The Morgan fingerprint density at radius 1 is 1.07 bits per heavy atom. The molecule has 0 N–H and O–H groups in total. The Balaban J connectivity index is 1.46. The van der Waals surface area contributed by atoms with Crippen molar-refractivity contribution in [2.45, 2.75) is 23.8 Å². The van der Waals surface area contributed by atoms with Gasteiger partial charge in [-0.25, -0.2) is 13.4 Å². The minimum Gasteiger partial charge on any atom is -0.463 e. The van der Waals surface area contributed by atoms with Crippen molar-refractivity contribution < 1.29 is 17.6 Å². The van der Waals surface area contributed by atoms with Crippen LogP contribution < -0.4 is 4.80 Å². The van der Waals surface area contributed by atoms with E-state index in [4.69, 9.17) is 14.1 Å². The van der Waals surface area contributed by atoms with Gasteiger partial charge in [0, 0.05) is 24.5 Å². The van der Waals surface area contributed by atoms with Crippen LogP contribution in [0.3, 0.4) is 0 Å². The summed E-state index contributed by atoms with van der Waals surface area (Å²) in [4.78, 5) is 5.96. The van der Waals surface area contributed by atoms with Gasteiger partial charge in [0.05, 0.1) is 35.8 Å². The first-order valence-corrected chi connectivity index (χ1v) is 11.9. The van der Waals surface area contributed by atoms with Crippen LogP contribution in [0, 0.1) is 0 Å². The molecule has 0 atom stereocenters. The highest BCUT2D eigenvalue weighted by atomic mass is 32.2. The molecule has 1 aliphatic carbocycles. The second kappa shape index (κ2) is 7.56. The summed E-state index contributed by atoms with van der Waals surface area (Å²) in [5, 5.41) is 2.06. The minimum atomic E-state index is -3.49. The lowest BCUT2D eigenvalue weighted by molar-refractivity contribution is 0.0730. The summed E-state index contributed by atoms with van der Waals surface area (Å²) >= 11 is 1.57. The highest BCUT2D eigenvalue weighted by Gasteiger charge is 2.28. The molecule has 2 aliphatic rings. The van der Waals surface area contributed by atoms with Gasteiger partial charge >= 0.3 is 0 Å². The van der Waals surface area contributed by atoms with Crippen molar-refractivity contribution >= 4 is 27.0 Å². The molecule has 2 aromatic heterocycles. The van der Waals surface area contributed by atoms with Crippen LogP contribution in [0.15, 0.2) is 62.3 Å². The van der Waals surface area contributed by atoms with E-state index in [2.05, 4.69) is 9.95 Å². The summed E-state index contributed by atoms with van der Waals surface area (Å²) in [6.07, 6.45) is 3.94. The molecule has 1 aromatic carbocycles. The molecular weight excluding hydrogens is 410 g/mol. The van der Waals surface area contributed by atoms with Crippen molar-refractivity contribution in [3.63, 3.8) is 0 Å². The maximum Gasteiger partial charge on any atom is 0.243 e. The quantitative estimate of drug-likeness (QED) is 0.620. The normalized spacial score (nSPS) is 19.0. The van der Waals surface area contributed by atoms with Crippen LogP contribution in [0.4, 0.5) is 5.69 Å². The van der Waals surface area contributed by atoms with E-state index in [0.29, 0.717) is 32.3 Å². The van der Waals surface area contributed by atoms with Crippen LogP contribution in [0.1, 0.15) is 18.9 Å². The van der Waals surface area contributed by atoms with Crippen LogP contribution in [0.5, 0.6) is 0 Å². The second-order valence-electron chi connectivity index (χ2n) is 7.10. The Bertz CT molecular complexity index is 1150. The van der Waals surface area contributed by atoms with E-state index in [1.165, 1.54) is 4.31 Å². The summed E-state index contributed by atoms with van der Waals surface area (Å²) in [5.74, 6) is 0.835. The number of thiazole rings is 1. The Hall–Kier alpha value is -2.20. The van der Waals surface area contributed by atoms with Gasteiger partial charge in [-0.2, -0.15) is 4.31 Å². The predicted molar refractivity (Wildman–Crippen MR) is 110 cm³/mol. The first kappa shape index (κ1) is 18.8. The molecule has 1 saturated heterocycles. The topological polar surface area (TPSA) is 77.0 Å². The maximum absolute atomic E-state index is 12.8. The third kappa shape index (κ3) is 3.71. The van der Waals surface area contributed by atoms with E-state index in [1.54, 1.807) is 41.9 Å². The SMILES string of the molecule is O=S(=O)(c1ccc(N=c2scc(-c3ccco3)n2C2CC2)cc1)N1CCOCC1. The van der Waals surface area contributed by atoms with Gasteiger partial charge in [0.15, 0.2) is 10.6 Å². The van der Waals surface area contributed by atoms with Crippen molar-refractivity contribution in [3.8, 4) is 11.5 Å².